The molecule has 0 radical (unpaired) electrons. The van der Waals surface area contributed by atoms with Crippen LogP contribution >= 0.6 is 11.6 Å². The minimum Gasteiger partial charge on any atom is -0.352 e. The van der Waals surface area contributed by atoms with E-state index in [2.05, 4.69) is 11.9 Å². The van der Waals surface area contributed by atoms with Crippen molar-refractivity contribution >= 4 is 11.6 Å². The molecule has 1 heterocycles. The molecule has 0 saturated heterocycles. The van der Waals surface area contributed by atoms with E-state index >= 15 is 0 Å². The first-order valence-corrected chi connectivity index (χ1v) is 4.69. The molecule has 0 aromatic carbocycles. The van der Waals surface area contributed by atoms with Crippen LogP contribution in [0.3, 0.4) is 0 Å². The number of hydrogen-bond donors (Lipinski definition) is 2. The maximum Gasteiger partial charge on any atom is 0.109 e. The van der Waals surface area contributed by atoms with Crippen LogP contribution in [0.1, 0.15) is 30.4 Å². The summed E-state index contributed by atoms with van der Waals surface area (Å²) in [7, 11) is 0. The molecule has 0 fully saturated rings. The normalized spacial score (nSPS) is 24.1. The topological polar surface area (TPSA) is 41.8 Å². The summed E-state index contributed by atoms with van der Waals surface area (Å²) in [6.45, 7) is 2.06. The Labute approximate surface area is 77.1 Å². The predicted octanol–water partition coefficient (Wildman–Crippen LogP) is 2.05. The lowest BCUT2D eigenvalue weighted by molar-refractivity contribution is 0.563. The van der Waals surface area contributed by atoms with Gasteiger partial charge in [-0.3, -0.25) is 0 Å². The monoisotopic (exact) mass is 184 g/mol. The van der Waals surface area contributed by atoms with Gasteiger partial charge in [-0.1, -0.05) is 11.6 Å². The highest BCUT2D eigenvalue weighted by molar-refractivity contribution is 6.30. The molecule has 1 aliphatic carbocycles. The second-order valence-corrected chi connectivity index (χ2v) is 3.92. The fourth-order valence-corrected chi connectivity index (χ4v) is 2.29. The molecule has 0 aliphatic heterocycles. The van der Waals surface area contributed by atoms with Gasteiger partial charge in [0.25, 0.3) is 0 Å². The first kappa shape index (κ1) is 8.14. The number of fused-ring (bicyclic) bond motifs is 1. The van der Waals surface area contributed by atoms with Gasteiger partial charge >= 0.3 is 0 Å². The number of H-pyrrole nitrogens is 1. The lowest BCUT2D eigenvalue weighted by atomic mass is 9.97. The summed E-state index contributed by atoms with van der Waals surface area (Å²) in [6.07, 6.45) is 4.22. The van der Waals surface area contributed by atoms with Crippen molar-refractivity contribution in [1.82, 2.24) is 4.98 Å². The maximum atomic E-state index is 5.96. The Morgan fingerprint density at radius 3 is 3.17 bits per heavy atom. The Morgan fingerprint density at radius 2 is 2.50 bits per heavy atom. The standard InChI is InChI=1S/C9H13ClN2/c1-5(11)6-2-3-7-8(6)4-12-9(7)10/h4-6,12H,2-3,11H2,1H3. The van der Waals surface area contributed by atoms with Gasteiger partial charge in [0.2, 0.25) is 0 Å². The minimum absolute atomic E-state index is 0.234. The van der Waals surface area contributed by atoms with Gasteiger partial charge in [-0.15, -0.1) is 0 Å². The van der Waals surface area contributed by atoms with Crippen LogP contribution in [0.2, 0.25) is 5.15 Å². The van der Waals surface area contributed by atoms with Crippen molar-refractivity contribution in [2.75, 3.05) is 0 Å². The third-order valence-electron chi connectivity index (χ3n) is 2.71. The first-order chi connectivity index (χ1) is 5.70. The smallest absolute Gasteiger partial charge is 0.109 e. The molecular formula is C9H13ClN2. The fraction of sp³-hybridized carbons (Fsp3) is 0.556. The third kappa shape index (κ3) is 1.06. The van der Waals surface area contributed by atoms with Crippen LogP contribution in [0, 0.1) is 0 Å². The fourth-order valence-electron chi connectivity index (χ4n) is 2.03. The van der Waals surface area contributed by atoms with Gasteiger partial charge in [0.05, 0.1) is 0 Å². The molecule has 0 spiro atoms. The Morgan fingerprint density at radius 1 is 1.75 bits per heavy atom. The summed E-state index contributed by atoms with van der Waals surface area (Å²) in [6, 6.07) is 0.234. The Hall–Kier alpha value is -0.470. The third-order valence-corrected chi connectivity index (χ3v) is 3.04. The molecule has 0 saturated carbocycles. The van der Waals surface area contributed by atoms with E-state index in [-0.39, 0.29) is 6.04 Å². The lowest BCUT2D eigenvalue weighted by Gasteiger charge is -2.13. The van der Waals surface area contributed by atoms with E-state index in [4.69, 9.17) is 17.3 Å². The van der Waals surface area contributed by atoms with Gasteiger partial charge in [0.15, 0.2) is 0 Å². The molecule has 3 N–H and O–H groups in total. The van der Waals surface area contributed by atoms with Crippen LogP contribution < -0.4 is 5.73 Å². The number of rotatable bonds is 1. The molecule has 66 valence electrons. The summed E-state index contributed by atoms with van der Waals surface area (Å²) >= 11 is 5.96. The highest BCUT2D eigenvalue weighted by Crippen LogP contribution is 2.38. The molecule has 1 aromatic rings. The highest BCUT2D eigenvalue weighted by atomic mass is 35.5. The second kappa shape index (κ2) is 2.79. The number of aromatic amines is 1. The van der Waals surface area contributed by atoms with Crippen LogP contribution in [0.15, 0.2) is 6.20 Å². The van der Waals surface area contributed by atoms with E-state index < -0.39 is 0 Å². The van der Waals surface area contributed by atoms with E-state index in [0.29, 0.717) is 5.92 Å². The van der Waals surface area contributed by atoms with E-state index in [1.54, 1.807) is 0 Å². The van der Waals surface area contributed by atoms with E-state index in [1.807, 2.05) is 6.20 Å². The van der Waals surface area contributed by atoms with Crippen LogP contribution in [-0.2, 0) is 6.42 Å². The average molecular weight is 185 g/mol. The Balaban J connectivity index is 2.36. The van der Waals surface area contributed by atoms with Crippen LogP contribution in [0.4, 0.5) is 0 Å². The zero-order chi connectivity index (χ0) is 8.72. The van der Waals surface area contributed by atoms with Gasteiger partial charge in [0, 0.05) is 18.2 Å². The van der Waals surface area contributed by atoms with Crippen molar-refractivity contribution in [3.05, 3.63) is 22.5 Å². The molecule has 3 heteroatoms. The molecule has 0 amide bonds. The summed E-state index contributed by atoms with van der Waals surface area (Å²) in [5, 5.41) is 0.799. The Bertz CT molecular complexity index is 291. The van der Waals surface area contributed by atoms with Crippen molar-refractivity contribution in [2.24, 2.45) is 5.73 Å². The molecule has 0 bridgehead atoms. The molecule has 12 heavy (non-hydrogen) atoms. The molecule has 1 aromatic heterocycles. The summed E-state index contributed by atoms with van der Waals surface area (Å²) in [5.74, 6) is 0.503. The van der Waals surface area contributed by atoms with Crippen molar-refractivity contribution in [3.63, 3.8) is 0 Å². The quantitative estimate of drug-likeness (QED) is 0.689. The number of halogens is 1. The number of nitrogens with two attached hydrogens (primary N) is 1. The van der Waals surface area contributed by atoms with Gasteiger partial charge in [-0.25, -0.2) is 0 Å². The molecular weight excluding hydrogens is 172 g/mol. The number of nitrogens with one attached hydrogen (secondary N) is 1. The van der Waals surface area contributed by atoms with Gasteiger partial charge in [-0.05, 0) is 30.9 Å². The van der Waals surface area contributed by atoms with Crippen LogP contribution in [0.5, 0.6) is 0 Å². The van der Waals surface area contributed by atoms with Crippen molar-refractivity contribution in [2.45, 2.75) is 31.7 Å². The number of aromatic nitrogens is 1. The van der Waals surface area contributed by atoms with E-state index in [1.165, 1.54) is 11.1 Å². The SMILES string of the molecule is CC(N)C1CCc2c1c[nH]c2Cl. The van der Waals surface area contributed by atoms with E-state index in [9.17, 15) is 0 Å². The maximum absolute atomic E-state index is 5.96. The molecule has 2 nitrogen and oxygen atoms in total. The highest BCUT2D eigenvalue weighted by Gasteiger charge is 2.27. The summed E-state index contributed by atoms with van der Waals surface area (Å²) < 4.78 is 0. The van der Waals surface area contributed by atoms with Crippen LogP contribution in [0.25, 0.3) is 0 Å². The predicted molar refractivity (Wildman–Crippen MR) is 50.5 cm³/mol. The minimum atomic E-state index is 0.234. The van der Waals surface area contributed by atoms with Crippen LogP contribution in [-0.4, -0.2) is 11.0 Å². The molecule has 2 unspecified atom stereocenters. The van der Waals surface area contributed by atoms with Gasteiger partial charge < -0.3 is 10.7 Å². The molecule has 2 rings (SSSR count). The lowest BCUT2D eigenvalue weighted by Crippen LogP contribution is -2.22. The first-order valence-electron chi connectivity index (χ1n) is 4.31. The summed E-state index contributed by atoms with van der Waals surface area (Å²) in [4.78, 5) is 3.03. The zero-order valence-electron chi connectivity index (χ0n) is 7.10. The summed E-state index contributed by atoms with van der Waals surface area (Å²) in [5.41, 5.74) is 8.47. The average Bonchev–Trinajstić information content (AvgIpc) is 2.53. The largest absolute Gasteiger partial charge is 0.352 e. The Kier molecular flexibility index (Phi) is 1.89. The molecule has 1 aliphatic rings. The number of hydrogen-bond acceptors (Lipinski definition) is 1. The van der Waals surface area contributed by atoms with Gasteiger partial charge in [0.1, 0.15) is 5.15 Å². The zero-order valence-corrected chi connectivity index (χ0v) is 7.86. The van der Waals surface area contributed by atoms with E-state index in [0.717, 1.165) is 18.0 Å². The van der Waals surface area contributed by atoms with Gasteiger partial charge in [-0.2, -0.15) is 0 Å². The second-order valence-electron chi connectivity index (χ2n) is 3.54. The van der Waals surface area contributed by atoms with Crippen molar-refractivity contribution < 1.29 is 0 Å². The van der Waals surface area contributed by atoms with Crippen molar-refractivity contribution in [1.29, 1.82) is 0 Å². The van der Waals surface area contributed by atoms with Crippen molar-refractivity contribution in [3.8, 4) is 0 Å². The molecule has 2 atom stereocenters.